The Hall–Kier alpha value is -2.37. The lowest BCUT2D eigenvalue weighted by molar-refractivity contribution is -0.143. The minimum Gasteiger partial charge on any atom is -0.480 e. The Morgan fingerprint density at radius 1 is 1.39 bits per heavy atom. The first kappa shape index (κ1) is 18.7. The fraction of sp³-hybridized carbons (Fsp3) is 0.333. The van der Waals surface area contributed by atoms with Crippen molar-refractivity contribution in [3.63, 3.8) is 0 Å². The second-order valence-corrected chi connectivity index (χ2v) is 6.77. The van der Waals surface area contributed by atoms with E-state index in [0.29, 0.717) is 0 Å². The smallest absolute Gasteiger partial charge is 0.329 e. The minimum atomic E-state index is -3.83. The number of terminal acetylenes is 1. The number of nitrogens with one attached hydrogen (secondary N) is 2. The number of hydrogen-bond acceptors (Lipinski definition) is 4. The van der Waals surface area contributed by atoms with Crippen molar-refractivity contribution in [3.05, 3.63) is 29.8 Å². The average Bonchev–Trinajstić information content (AvgIpc) is 2.52. The van der Waals surface area contributed by atoms with Gasteiger partial charge in [-0.15, -0.1) is 6.42 Å². The normalized spacial score (nSPS) is 13.6. The first-order chi connectivity index (χ1) is 10.7. The highest BCUT2D eigenvalue weighted by molar-refractivity contribution is 7.89. The molecule has 0 saturated heterocycles. The number of rotatable bonds is 7. The van der Waals surface area contributed by atoms with Crippen molar-refractivity contribution in [1.82, 2.24) is 10.0 Å². The van der Waals surface area contributed by atoms with Crippen LogP contribution in [-0.2, 0) is 14.8 Å². The topological polar surface area (TPSA) is 113 Å². The summed E-state index contributed by atoms with van der Waals surface area (Å²) in [5.74, 6) is 0.299. The maximum atomic E-state index is 12.2. The molecule has 7 nitrogen and oxygen atoms in total. The zero-order valence-corrected chi connectivity index (χ0v) is 13.6. The van der Waals surface area contributed by atoms with Crippen LogP contribution in [0.15, 0.2) is 29.2 Å². The average molecular weight is 338 g/mol. The molecule has 1 unspecified atom stereocenters. The van der Waals surface area contributed by atoms with Crippen LogP contribution in [0.4, 0.5) is 0 Å². The first-order valence-corrected chi connectivity index (χ1v) is 8.23. The third kappa shape index (κ3) is 4.55. The molecule has 124 valence electrons. The number of amides is 1. The lowest BCUT2D eigenvalue weighted by Crippen LogP contribution is -2.51. The van der Waals surface area contributed by atoms with E-state index in [-0.39, 0.29) is 23.4 Å². The van der Waals surface area contributed by atoms with Crippen molar-refractivity contribution in [2.75, 3.05) is 6.54 Å². The molecule has 0 aromatic heterocycles. The third-order valence-electron chi connectivity index (χ3n) is 3.34. The summed E-state index contributed by atoms with van der Waals surface area (Å²) in [6.07, 6.45) is 5.18. The van der Waals surface area contributed by atoms with Gasteiger partial charge in [-0.3, -0.25) is 4.79 Å². The summed E-state index contributed by atoms with van der Waals surface area (Å²) in [5, 5.41) is 11.6. The maximum absolute atomic E-state index is 12.2. The Balaban J connectivity index is 3.08. The molecule has 0 aliphatic rings. The highest BCUT2D eigenvalue weighted by Gasteiger charge is 2.33. The van der Waals surface area contributed by atoms with Gasteiger partial charge < -0.3 is 10.4 Å². The predicted molar refractivity (Wildman–Crippen MR) is 84.3 cm³/mol. The molecule has 0 spiro atoms. The summed E-state index contributed by atoms with van der Waals surface area (Å²) < 4.78 is 26.1. The molecular formula is C15H18N2O5S. The highest BCUT2D eigenvalue weighted by Crippen LogP contribution is 2.14. The largest absolute Gasteiger partial charge is 0.480 e. The maximum Gasteiger partial charge on any atom is 0.329 e. The number of sulfonamides is 1. The number of carbonyl (C=O) groups is 2. The van der Waals surface area contributed by atoms with Crippen LogP contribution in [0, 0.1) is 12.3 Å². The Labute approximate surface area is 135 Å². The monoisotopic (exact) mass is 338 g/mol. The summed E-state index contributed by atoms with van der Waals surface area (Å²) >= 11 is 0. The van der Waals surface area contributed by atoms with Gasteiger partial charge in [0.25, 0.3) is 5.91 Å². The van der Waals surface area contributed by atoms with E-state index in [2.05, 4.69) is 16.0 Å². The molecule has 3 N–H and O–H groups in total. The molecule has 0 saturated carbocycles. The van der Waals surface area contributed by atoms with Crippen LogP contribution in [0.25, 0.3) is 0 Å². The fourth-order valence-electron chi connectivity index (χ4n) is 1.64. The van der Waals surface area contributed by atoms with E-state index in [1.54, 1.807) is 6.92 Å². The van der Waals surface area contributed by atoms with Gasteiger partial charge in [-0.1, -0.05) is 18.9 Å². The van der Waals surface area contributed by atoms with Crippen LogP contribution in [-0.4, -0.2) is 37.5 Å². The summed E-state index contributed by atoms with van der Waals surface area (Å²) in [6, 6.07) is 5.26. The van der Waals surface area contributed by atoms with Gasteiger partial charge >= 0.3 is 5.97 Å². The van der Waals surface area contributed by atoms with Crippen LogP contribution in [0.5, 0.6) is 0 Å². The van der Waals surface area contributed by atoms with E-state index in [1.165, 1.54) is 25.1 Å². The van der Waals surface area contributed by atoms with Crippen molar-refractivity contribution in [2.24, 2.45) is 0 Å². The van der Waals surface area contributed by atoms with Crippen LogP contribution < -0.4 is 10.0 Å². The van der Waals surface area contributed by atoms with Gasteiger partial charge in [0.15, 0.2) is 0 Å². The first-order valence-electron chi connectivity index (χ1n) is 6.75. The molecule has 0 heterocycles. The van der Waals surface area contributed by atoms with Gasteiger partial charge in [0.05, 0.1) is 11.4 Å². The van der Waals surface area contributed by atoms with Crippen LogP contribution in [0.3, 0.4) is 0 Å². The lowest BCUT2D eigenvalue weighted by Gasteiger charge is -2.24. The van der Waals surface area contributed by atoms with Gasteiger partial charge in [0.1, 0.15) is 5.54 Å². The Morgan fingerprint density at radius 3 is 2.57 bits per heavy atom. The van der Waals surface area contributed by atoms with E-state index in [1.807, 2.05) is 0 Å². The molecule has 0 fully saturated rings. The molecule has 8 heteroatoms. The summed E-state index contributed by atoms with van der Waals surface area (Å²) in [5.41, 5.74) is -1.40. The van der Waals surface area contributed by atoms with Gasteiger partial charge in [-0.2, -0.15) is 4.72 Å². The van der Waals surface area contributed by atoms with E-state index in [9.17, 15) is 18.0 Å². The van der Waals surface area contributed by atoms with E-state index >= 15 is 0 Å². The lowest BCUT2D eigenvalue weighted by atomic mass is 9.98. The Morgan fingerprint density at radius 2 is 2.04 bits per heavy atom. The summed E-state index contributed by atoms with van der Waals surface area (Å²) in [4.78, 5) is 23.3. The van der Waals surface area contributed by atoms with Crippen LogP contribution in [0.1, 0.15) is 30.6 Å². The van der Waals surface area contributed by atoms with E-state index < -0.39 is 27.4 Å². The molecule has 1 aromatic carbocycles. The molecule has 0 aliphatic heterocycles. The molecule has 1 atom stereocenters. The van der Waals surface area contributed by atoms with Crippen molar-refractivity contribution in [1.29, 1.82) is 0 Å². The number of aliphatic carboxylic acids is 1. The molecule has 23 heavy (non-hydrogen) atoms. The van der Waals surface area contributed by atoms with Crippen molar-refractivity contribution in [2.45, 2.75) is 30.7 Å². The molecule has 1 aromatic rings. The van der Waals surface area contributed by atoms with Crippen LogP contribution >= 0.6 is 0 Å². The number of carboxylic acid groups (broad SMARTS) is 1. The zero-order valence-electron chi connectivity index (χ0n) is 12.8. The third-order valence-corrected chi connectivity index (χ3v) is 4.74. The Bertz CT molecular complexity index is 751. The number of hydrogen-bond donors (Lipinski definition) is 3. The van der Waals surface area contributed by atoms with Gasteiger partial charge in [-0.05, 0) is 31.5 Å². The predicted octanol–water partition coefficient (Wildman–Crippen LogP) is 0.581. The molecule has 1 amide bonds. The van der Waals surface area contributed by atoms with Gasteiger partial charge in [-0.25, -0.2) is 13.2 Å². The molecular weight excluding hydrogens is 320 g/mol. The number of benzene rings is 1. The second kappa shape index (κ2) is 7.26. The second-order valence-electron chi connectivity index (χ2n) is 5.00. The fourth-order valence-corrected chi connectivity index (χ4v) is 2.62. The standard InChI is InChI=1S/C15H18N2O5S/c1-4-9-16-23(21,22)12-8-6-7-11(10-12)13(18)17-15(3,5-2)14(19)20/h1,6-8,10,16H,5,9H2,2-3H3,(H,17,18)(H,19,20). The van der Waals surface area contributed by atoms with E-state index in [4.69, 9.17) is 11.5 Å². The van der Waals surface area contributed by atoms with Gasteiger partial charge in [0.2, 0.25) is 10.0 Å². The highest BCUT2D eigenvalue weighted by atomic mass is 32.2. The van der Waals surface area contributed by atoms with Crippen molar-refractivity contribution < 1.29 is 23.1 Å². The SMILES string of the molecule is C#CCNS(=O)(=O)c1cccc(C(=O)NC(C)(CC)C(=O)O)c1. The zero-order chi connectivity index (χ0) is 17.7. The number of carboxylic acids is 1. The summed E-state index contributed by atoms with van der Waals surface area (Å²) in [7, 11) is -3.83. The van der Waals surface area contributed by atoms with Crippen molar-refractivity contribution >= 4 is 21.9 Å². The number of carbonyl (C=O) groups excluding carboxylic acids is 1. The van der Waals surface area contributed by atoms with Crippen LogP contribution in [0.2, 0.25) is 0 Å². The van der Waals surface area contributed by atoms with Gasteiger partial charge in [0, 0.05) is 5.56 Å². The van der Waals surface area contributed by atoms with E-state index in [0.717, 1.165) is 6.07 Å². The molecule has 0 bridgehead atoms. The molecule has 1 rings (SSSR count). The quantitative estimate of drug-likeness (QED) is 0.630. The minimum absolute atomic E-state index is 0.0366. The Kier molecular flexibility index (Phi) is 5.90. The molecule has 0 radical (unpaired) electrons. The van der Waals surface area contributed by atoms with Crippen molar-refractivity contribution in [3.8, 4) is 12.3 Å². The summed E-state index contributed by atoms with van der Waals surface area (Å²) in [6.45, 7) is 2.83. The molecule has 0 aliphatic carbocycles.